The molecule has 1 fully saturated rings. The van der Waals surface area contributed by atoms with Crippen molar-refractivity contribution in [1.29, 1.82) is 0 Å². The van der Waals surface area contributed by atoms with Crippen LogP contribution in [0.4, 0.5) is 5.69 Å². The number of amides is 2. The van der Waals surface area contributed by atoms with Crippen LogP contribution in [0.1, 0.15) is 32.3 Å². The SMILES string of the molecule is CC1C(=O)N(c2ccc(CCCC(=O)O)cc2)C(=O)C1C. The van der Waals surface area contributed by atoms with E-state index in [2.05, 4.69) is 0 Å². The Morgan fingerprint density at radius 3 is 2.10 bits per heavy atom. The van der Waals surface area contributed by atoms with Crippen LogP contribution in [0, 0.1) is 11.8 Å². The van der Waals surface area contributed by atoms with E-state index in [4.69, 9.17) is 5.11 Å². The second-order valence-corrected chi connectivity index (χ2v) is 5.50. The largest absolute Gasteiger partial charge is 0.481 e. The summed E-state index contributed by atoms with van der Waals surface area (Å²) in [5.41, 5.74) is 1.59. The summed E-state index contributed by atoms with van der Waals surface area (Å²) in [6, 6.07) is 7.17. The van der Waals surface area contributed by atoms with E-state index in [-0.39, 0.29) is 30.1 Å². The van der Waals surface area contributed by atoms with E-state index in [1.54, 1.807) is 26.0 Å². The number of aliphatic carboxylic acids is 1. The van der Waals surface area contributed by atoms with Gasteiger partial charge in [0.05, 0.1) is 5.69 Å². The van der Waals surface area contributed by atoms with Crippen molar-refractivity contribution >= 4 is 23.5 Å². The minimum Gasteiger partial charge on any atom is -0.481 e. The van der Waals surface area contributed by atoms with E-state index in [0.717, 1.165) is 5.56 Å². The summed E-state index contributed by atoms with van der Waals surface area (Å²) in [6.45, 7) is 3.54. The van der Waals surface area contributed by atoms with Crippen LogP contribution in [0.25, 0.3) is 0 Å². The van der Waals surface area contributed by atoms with Gasteiger partial charge in [-0.2, -0.15) is 0 Å². The monoisotopic (exact) mass is 289 g/mol. The maximum absolute atomic E-state index is 12.1. The van der Waals surface area contributed by atoms with Crippen molar-refractivity contribution in [3.63, 3.8) is 0 Å². The first kappa shape index (κ1) is 15.2. The van der Waals surface area contributed by atoms with Crippen LogP contribution >= 0.6 is 0 Å². The summed E-state index contributed by atoms with van der Waals surface area (Å²) in [5, 5.41) is 8.61. The van der Waals surface area contributed by atoms with Gasteiger partial charge in [0, 0.05) is 18.3 Å². The molecular weight excluding hydrogens is 270 g/mol. The highest BCUT2D eigenvalue weighted by molar-refractivity contribution is 6.21. The number of benzene rings is 1. The standard InChI is InChI=1S/C16H19NO4/c1-10-11(2)16(21)17(15(10)20)13-8-6-12(7-9-13)4-3-5-14(18)19/h6-11H,3-5H2,1-2H3,(H,18,19). The number of carboxylic acid groups (broad SMARTS) is 1. The fraction of sp³-hybridized carbons (Fsp3) is 0.438. The molecule has 2 amide bonds. The maximum Gasteiger partial charge on any atom is 0.303 e. The third kappa shape index (κ3) is 3.12. The van der Waals surface area contributed by atoms with Gasteiger partial charge in [0.25, 0.3) is 0 Å². The second kappa shape index (κ2) is 6.08. The van der Waals surface area contributed by atoms with E-state index in [9.17, 15) is 14.4 Å². The zero-order valence-electron chi connectivity index (χ0n) is 12.2. The quantitative estimate of drug-likeness (QED) is 0.844. The number of anilines is 1. The number of aryl methyl sites for hydroxylation is 1. The molecule has 21 heavy (non-hydrogen) atoms. The molecule has 2 rings (SSSR count). The summed E-state index contributed by atoms with van der Waals surface area (Å²) in [5.74, 6) is -1.69. The molecule has 0 bridgehead atoms. The average Bonchev–Trinajstić information content (AvgIpc) is 2.64. The minimum atomic E-state index is -0.803. The lowest BCUT2D eigenvalue weighted by Gasteiger charge is -2.15. The number of carbonyl (C=O) groups excluding carboxylic acids is 2. The number of carboxylic acids is 1. The van der Waals surface area contributed by atoms with Gasteiger partial charge in [-0.1, -0.05) is 26.0 Å². The van der Waals surface area contributed by atoms with Gasteiger partial charge in [-0.3, -0.25) is 19.3 Å². The number of carbonyl (C=O) groups is 3. The molecule has 0 radical (unpaired) electrons. The highest BCUT2D eigenvalue weighted by Gasteiger charge is 2.42. The van der Waals surface area contributed by atoms with Crippen molar-refractivity contribution in [3.8, 4) is 0 Å². The predicted octanol–water partition coefficient (Wildman–Crippen LogP) is 2.24. The lowest BCUT2D eigenvalue weighted by Crippen LogP contribution is -2.30. The highest BCUT2D eigenvalue weighted by atomic mass is 16.4. The normalized spacial score (nSPS) is 21.9. The van der Waals surface area contributed by atoms with Crippen LogP contribution in [0.5, 0.6) is 0 Å². The van der Waals surface area contributed by atoms with Crippen LogP contribution in [-0.4, -0.2) is 22.9 Å². The topological polar surface area (TPSA) is 74.7 Å². The Morgan fingerprint density at radius 2 is 1.62 bits per heavy atom. The van der Waals surface area contributed by atoms with Crippen LogP contribution in [0.3, 0.4) is 0 Å². The van der Waals surface area contributed by atoms with E-state index in [1.807, 2.05) is 12.1 Å². The molecule has 5 nitrogen and oxygen atoms in total. The van der Waals surface area contributed by atoms with Crippen LogP contribution in [-0.2, 0) is 20.8 Å². The van der Waals surface area contributed by atoms with Gasteiger partial charge in [-0.15, -0.1) is 0 Å². The Bertz CT molecular complexity index is 544. The van der Waals surface area contributed by atoms with E-state index in [0.29, 0.717) is 18.5 Å². The second-order valence-electron chi connectivity index (χ2n) is 5.50. The van der Waals surface area contributed by atoms with Crippen molar-refractivity contribution in [2.24, 2.45) is 11.8 Å². The summed E-state index contributed by atoms with van der Waals surface area (Å²) in [7, 11) is 0. The first-order chi connectivity index (χ1) is 9.91. The van der Waals surface area contributed by atoms with Gasteiger partial charge in [0.15, 0.2) is 0 Å². The molecule has 1 aliphatic heterocycles. The molecule has 1 aliphatic rings. The van der Waals surface area contributed by atoms with Crippen molar-refractivity contribution < 1.29 is 19.5 Å². The van der Waals surface area contributed by atoms with Crippen LogP contribution in [0.2, 0.25) is 0 Å². The molecule has 0 aliphatic carbocycles. The average molecular weight is 289 g/mol. The summed E-state index contributed by atoms with van der Waals surface area (Å²) < 4.78 is 0. The molecule has 1 aromatic carbocycles. The molecule has 5 heteroatoms. The molecule has 2 atom stereocenters. The molecule has 0 saturated carbocycles. The van der Waals surface area contributed by atoms with Crippen LogP contribution < -0.4 is 4.90 Å². The Morgan fingerprint density at radius 1 is 1.10 bits per heavy atom. The Balaban J connectivity index is 2.07. The van der Waals surface area contributed by atoms with Gasteiger partial charge in [0.1, 0.15) is 0 Å². The summed E-state index contributed by atoms with van der Waals surface area (Å²) in [6.07, 6.45) is 1.38. The van der Waals surface area contributed by atoms with Gasteiger partial charge in [-0.25, -0.2) is 0 Å². The smallest absolute Gasteiger partial charge is 0.303 e. The zero-order chi connectivity index (χ0) is 15.6. The lowest BCUT2D eigenvalue weighted by atomic mass is 10.00. The maximum atomic E-state index is 12.1. The zero-order valence-corrected chi connectivity index (χ0v) is 12.2. The molecule has 1 N–H and O–H groups in total. The number of nitrogens with zero attached hydrogens (tertiary/aromatic N) is 1. The lowest BCUT2D eigenvalue weighted by molar-refractivity contribution is -0.137. The van der Waals surface area contributed by atoms with Gasteiger partial charge >= 0.3 is 5.97 Å². The summed E-state index contributed by atoms with van der Waals surface area (Å²) in [4.78, 5) is 35.9. The molecule has 1 heterocycles. The fourth-order valence-electron chi connectivity index (χ4n) is 2.45. The van der Waals surface area contributed by atoms with Crippen molar-refractivity contribution in [2.75, 3.05) is 4.90 Å². The van der Waals surface area contributed by atoms with Crippen molar-refractivity contribution in [2.45, 2.75) is 33.1 Å². The summed E-state index contributed by atoms with van der Waals surface area (Å²) >= 11 is 0. The van der Waals surface area contributed by atoms with Gasteiger partial charge in [0.2, 0.25) is 11.8 Å². The Kier molecular flexibility index (Phi) is 4.40. The number of hydrogen-bond acceptors (Lipinski definition) is 3. The molecule has 112 valence electrons. The molecule has 0 spiro atoms. The first-order valence-electron chi connectivity index (χ1n) is 7.10. The Hall–Kier alpha value is -2.17. The number of rotatable bonds is 5. The molecule has 1 saturated heterocycles. The molecule has 1 aromatic rings. The minimum absolute atomic E-state index is 0.139. The number of imide groups is 1. The van der Waals surface area contributed by atoms with E-state index < -0.39 is 5.97 Å². The molecule has 0 aromatic heterocycles. The number of hydrogen-bond donors (Lipinski definition) is 1. The van der Waals surface area contributed by atoms with Gasteiger partial charge in [-0.05, 0) is 30.5 Å². The molecule has 2 unspecified atom stereocenters. The van der Waals surface area contributed by atoms with Crippen molar-refractivity contribution in [1.82, 2.24) is 0 Å². The van der Waals surface area contributed by atoms with Crippen LogP contribution in [0.15, 0.2) is 24.3 Å². The molecular formula is C16H19NO4. The third-order valence-corrected chi connectivity index (χ3v) is 4.02. The van der Waals surface area contributed by atoms with E-state index in [1.165, 1.54) is 4.90 Å². The highest BCUT2D eigenvalue weighted by Crippen LogP contribution is 2.30. The predicted molar refractivity (Wildman–Crippen MR) is 77.8 cm³/mol. The first-order valence-corrected chi connectivity index (χ1v) is 7.10. The van der Waals surface area contributed by atoms with E-state index >= 15 is 0 Å². The van der Waals surface area contributed by atoms with Gasteiger partial charge < -0.3 is 5.11 Å². The third-order valence-electron chi connectivity index (χ3n) is 4.02. The Labute approximate surface area is 123 Å². The fourth-order valence-corrected chi connectivity index (χ4v) is 2.45. The van der Waals surface area contributed by atoms with Crippen molar-refractivity contribution in [3.05, 3.63) is 29.8 Å².